The van der Waals surface area contributed by atoms with Gasteiger partial charge in [-0.15, -0.1) is 0 Å². The fourth-order valence-electron chi connectivity index (χ4n) is 3.47. The largest absolute Gasteiger partial charge is 0.493 e. The van der Waals surface area contributed by atoms with E-state index < -0.39 is 0 Å². The molecule has 0 bridgehead atoms. The van der Waals surface area contributed by atoms with Gasteiger partial charge in [0.25, 0.3) is 0 Å². The number of nitrogens with zero attached hydrogens (tertiary/aromatic N) is 5. The topological polar surface area (TPSA) is 70.0 Å². The summed E-state index contributed by atoms with van der Waals surface area (Å²) >= 11 is 1.53. The second kappa shape index (κ2) is 8.72. The molecule has 1 saturated heterocycles. The van der Waals surface area contributed by atoms with E-state index in [1.807, 2.05) is 55.1 Å². The second-order valence-corrected chi connectivity index (χ2v) is 7.00. The minimum absolute atomic E-state index is 0.00633. The lowest BCUT2D eigenvalue weighted by Crippen LogP contribution is -2.45. The predicted molar refractivity (Wildman–Crippen MR) is 112 cm³/mol. The van der Waals surface area contributed by atoms with Crippen molar-refractivity contribution in [3.63, 3.8) is 0 Å². The summed E-state index contributed by atoms with van der Waals surface area (Å²) in [6.07, 6.45) is 3.28. The molecule has 2 aliphatic rings. The highest BCUT2D eigenvalue weighted by atomic mass is 32.2. The number of ether oxygens (including phenoxy) is 2. The standard InChI is InChI=1S/C19H27N5O3S/c1-6-22-16-17(23(7-2)19(22)25)24(18(21-16)28-5)20-12-13-9-10-14(27-8-3)15(11-13)26-4/h9-12,16-17H,6-8H2,1-5H3/b20-12+. The molecule has 0 radical (unpaired) electrons. The van der Waals surface area contributed by atoms with E-state index in [2.05, 4.69) is 5.10 Å². The molecule has 1 fully saturated rings. The van der Waals surface area contributed by atoms with Gasteiger partial charge in [0, 0.05) is 13.1 Å². The summed E-state index contributed by atoms with van der Waals surface area (Å²) in [5.41, 5.74) is 0.879. The first-order valence-corrected chi connectivity index (χ1v) is 10.6. The maximum absolute atomic E-state index is 12.6. The van der Waals surface area contributed by atoms with E-state index in [1.165, 1.54) is 11.8 Å². The van der Waals surface area contributed by atoms with Gasteiger partial charge >= 0.3 is 6.03 Å². The number of methoxy groups -OCH3 is 1. The number of amides is 2. The van der Waals surface area contributed by atoms with E-state index in [0.717, 1.165) is 10.7 Å². The summed E-state index contributed by atoms with van der Waals surface area (Å²) < 4.78 is 11.0. The zero-order valence-corrected chi connectivity index (χ0v) is 17.8. The molecule has 1 aromatic carbocycles. The molecule has 2 unspecified atom stereocenters. The maximum Gasteiger partial charge on any atom is 0.323 e. The molecule has 2 atom stereocenters. The van der Waals surface area contributed by atoms with Crippen molar-refractivity contribution in [1.82, 2.24) is 14.8 Å². The minimum atomic E-state index is -0.230. The fraction of sp³-hybridized carbons (Fsp3) is 0.526. The third-order valence-electron chi connectivity index (χ3n) is 4.77. The first kappa shape index (κ1) is 20.3. The number of hydrogen-bond acceptors (Lipinski definition) is 7. The molecule has 152 valence electrons. The molecule has 3 rings (SSSR count). The summed E-state index contributed by atoms with van der Waals surface area (Å²) in [5.74, 6) is 1.36. The van der Waals surface area contributed by atoms with Gasteiger partial charge in [0.2, 0.25) is 0 Å². The smallest absolute Gasteiger partial charge is 0.323 e. The van der Waals surface area contributed by atoms with Gasteiger partial charge in [0.05, 0.1) is 19.9 Å². The van der Waals surface area contributed by atoms with Crippen LogP contribution >= 0.6 is 11.8 Å². The average molecular weight is 406 g/mol. The number of carbonyl (C=O) groups is 1. The van der Waals surface area contributed by atoms with Crippen LogP contribution in [0.5, 0.6) is 11.5 Å². The van der Waals surface area contributed by atoms with Gasteiger partial charge in [-0.05, 0) is 50.8 Å². The number of hydrazone groups is 1. The van der Waals surface area contributed by atoms with E-state index in [1.54, 1.807) is 18.2 Å². The van der Waals surface area contributed by atoms with Crippen LogP contribution in [-0.2, 0) is 0 Å². The maximum atomic E-state index is 12.6. The highest BCUT2D eigenvalue weighted by molar-refractivity contribution is 8.13. The van der Waals surface area contributed by atoms with E-state index in [4.69, 9.17) is 14.5 Å². The lowest BCUT2D eigenvalue weighted by molar-refractivity contribution is 0.155. The molecule has 2 amide bonds. The van der Waals surface area contributed by atoms with Gasteiger partial charge in [-0.3, -0.25) is 9.80 Å². The molecule has 8 nitrogen and oxygen atoms in total. The number of amidine groups is 1. The zero-order chi connectivity index (χ0) is 20.3. The molecule has 0 spiro atoms. The molecule has 0 N–H and O–H groups in total. The van der Waals surface area contributed by atoms with Crippen LogP contribution in [-0.4, -0.2) is 77.6 Å². The molecule has 0 saturated carbocycles. The molecule has 28 heavy (non-hydrogen) atoms. The monoisotopic (exact) mass is 405 g/mol. The number of carbonyl (C=O) groups excluding carboxylic acids is 1. The third-order valence-corrected chi connectivity index (χ3v) is 5.43. The predicted octanol–water partition coefficient (Wildman–Crippen LogP) is 2.89. The molecule has 0 aliphatic carbocycles. The van der Waals surface area contributed by atoms with Crippen LogP contribution < -0.4 is 9.47 Å². The van der Waals surface area contributed by atoms with Crippen molar-refractivity contribution in [2.75, 3.05) is 33.1 Å². The molecule has 9 heteroatoms. The van der Waals surface area contributed by atoms with Gasteiger partial charge in [-0.1, -0.05) is 11.8 Å². The van der Waals surface area contributed by atoms with Crippen LogP contribution in [0, 0.1) is 0 Å². The molecular weight excluding hydrogens is 378 g/mol. The Bertz CT molecular complexity index is 785. The fourth-order valence-corrected chi connectivity index (χ4v) is 4.03. The third kappa shape index (κ3) is 3.50. The summed E-state index contributed by atoms with van der Waals surface area (Å²) in [4.78, 5) is 21.0. The van der Waals surface area contributed by atoms with Crippen molar-refractivity contribution >= 4 is 29.2 Å². The summed E-state index contributed by atoms with van der Waals surface area (Å²) in [7, 11) is 1.62. The van der Waals surface area contributed by atoms with Crippen LogP contribution in [0.4, 0.5) is 4.79 Å². The molecule has 2 aliphatic heterocycles. The number of thioether (sulfide) groups is 1. The minimum Gasteiger partial charge on any atom is -0.493 e. The second-order valence-electron chi connectivity index (χ2n) is 6.23. The molecular formula is C19H27N5O3S. The summed E-state index contributed by atoms with van der Waals surface area (Å²) in [5, 5.41) is 7.32. The number of fused-ring (bicyclic) bond motifs is 1. The van der Waals surface area contributed by atoms with Crippen LogP contribution in [0.15, 0.2) is 28.3 Å². The van der Waals surface area contributed by atoms with Gasteiger partial charge in [-0.2, -0.15) is 5.10 Å². The van der Waals surface area contributed by atoms with Crippen LogP contribution in [0.1, 0.15) is 26.3 Å². The number of benzene rings is 1. The van der Waals surface area contributed by atoms with Crippen molar-refractivity contribution in [2.24, 2.45) is 10.1 Å². The first-order valence-electron chi connectivity index (χ1n) is 9.42. The van der Waals surface area contributed by atoms with Crippen molar-refractivity contribution in [3.8, 4) is 11.5 Å². The Morgan fingerprint density at radius 1 is 1.21 bits per heavy atom. The Hall–Kier alpha value is -2.42. The Morgan fingerprint density at radius 3 is 2.57 bits per heavy atom. The van der Waals surface area contributed by atoms with Gasteiger partial charge in [-0.25, -0.2) is 14.8 Å². The Kier molecular flexibility index (Phi) is 6.33. The lowest BCUT2D eigenvalue weighted by atomic mass is 10.2. The quantitative estimate of drug-likeness (QED) is 0.653. The van der Waals surface area contributed by atoms with Crippen LogP contribution in [0.2, 0.25) is 0 Å². The summed E-state index contributed by atoms with van der Waals surface area (Å²) in [6, 6.07) is 5.69. The Morgan fingerprint density at radius 2 is 1.96 bits per heavy atom. The van der Waals surface area contributed by atoms with Crippen molar-refractivity contribution in [3.05, 3.63) is 23.8 Å². The Balaban J connectivity index is 1.88. The van der Waals surface area contributed by atoms with E-state index in [9.17, 15) is 4.79 Å². The number of urea groups is 1. The number of likely N-dealkylation sites (N-methyl/N-ethyl adjacent to an activating group) is 2. The first-order chi connectivity index (χ1) is 13.6. The van der Waals surface area contributed by atoms with E-state index >= 15 is 0 Å². The normalized spacial score (nSPS) is 21.5. The van der Waals surface area contributed by atoms with Gasteiger partial charge < -0.3 is 9.47 Å². The van der Waals surface area contributed by atoms with E-state index in [-0.39, 0.29) is 18.4 Å². The highest BCUT2D eigenvalue weighted by Gasteiger charge is 2.52. The van der Waals surface area contributed by atoms with Crippen molar-refractivity contribution < 1.29 is 14.3 Å². The zero-order valence-electron chi connectivity index (χ0n) is 17.0. The summed E-state index contributed by atoms with van der Waals surface area (Å²) in [6.45, 7) is 7.68. The molecule has 1 aromatic rings. The van der Waals surface area contributed by atoms with Crippen molar-refractivity contribution in [1.29, 1.82) is 0 Å². The SMILES string of the molecule is CCOc1ccc(/C=N/N2C(SC)=NC3C2N(CC)C(=O)N3CC)cc1OC. The van der Waals surface area contributed by atoms with Crippen LogP contribution in [0.3, 0.4) is 0 Å². The van der Waals surface area contributed by atoms with Crippen LogP contribution in [0.25, 0.3) is 0 Å². The lowest BCUT2D eigenvalue weighted by Gasteiger charge is -2.27. The molecule has 2 heterocycles. The number of aliphatic imine (C=N–C) groups is 1. The van der Waals surface area contributed by atoms with Gasteiger partial charge in [0.15, 0.2) is 29.0 Å². The number of hydrogen-bond donors (Lipinski definition) is 0. The molecule has 0 aromatic heterocycles. The van der Waals surface area contributed by atoms with Gasteiger partial charge in [0.1, 0.15) is 0 Å². The highest BCUT2D eigenvalue weighted by Crippen LogP contribution is 2.34. The Labute approximate surface area is 170 Å². The average Bonchev–Trinajstić information content (AvgIpc) is 3.19. The van der Waals surface area contributed by atoms with Crippen molar-refractivity contribution in [2.45, 2.75) is 33.1 Å². The van der Waals surface area contributed by atoms with E-state index in [0.29, 0.717) is 31.2 Å². The number of rotatable bonds is 7.